The first-order chi connectivity index (χ1) is 13.3. The average Bonchev–Trinajstić information content (AvgIpc) is 2.70. The molecule has 0 aliphatic rings. The minimum Gasteiger partial charge on any atom is -0.345 e. The molecule has 6 nitrogen and oxygen atoms in total. The van der Waals surface area contributed by atoms with E-state index in [1.165, 1.54) is 17.0 Å². The maximum absolute atomic E-state index is 12.1. The Hall–Kier alpha value is -3.11. The van der Waals surface area contributed by atoms with Crippen LogP contribution in [0.4, 0.5) is 0 Å². The molecule has 1 N–H and O–H groups in total. The van der Waals surface area contributed by atoms with Crippen LogP contribution in [0.3, 0.4) is 0 Å². The molecule has 0 saturated carbocycles. The van der Waals surface area contributed by atoms with Crippen LogP contribution in [0.1, 0.15) is 22.3 Å². The molecule has 0 aliphatic carbocycles. The zero-order chi connectivity index (χ0) is 20.6. The predicted molar refractivity (Wildman–Crippen MR) is 107 cm³/mol. The smallest absolute Gasteiger partial charge is 0.253 e. The molecular weight excluding hydrogens is 376 g/mol. The van der Waals surface area contributed by atoms with E-state index >= 15 is 0 Å². The van der Waals surface area contributed by atoms with Crippen LogP contribution in [-0.2, 0) is 14.6 Å². The Morgan fingerprint density at radius 2 is 1.64 bits per heavy atom. The zero-order valence-corrected chi connectivity index (χ0v) is 16.6. The highest BCUT2D eigenvalue weighted by molar-refractivity contribution is 7.91. The van der Waals surface area contributed by atoms with Gasteiger partial charge < -0.3 is 10.2 Å². The summed E-state index contributed by atoms with van der Waals surface area (Å²) >= 11 is 0. The zero-order valence-electron chi connectivity index (χ0n) is 15.8. The lowest BCUT2D eigenvalue weighted by Gasteiger charge is -2.09. The molecule has 2 rings (SSSR count). The number of hydrogen-bond donors (Lipinski definition) is 1. The fraction of sp³-hybridized carbons (Fsp3) is 0.238. The second-order valence-corrected chi connectivity index (χ2v) is 8.35. The summed E-state index contributed by atoms with van der Waals surface area (Å²) < 4.78 is 24.3. The van der Waals surface area contributed by atoms with Crippen LogP contribution in [-0.4, -0.2) is 51.5 Å². The Morgan fingerprint density at radius 1 is 1.00 bits per heavy atom. The summed E-state index contributed by atoms with van der Waals surface area (Å²) in [5, 5.41) is 2.58. The number of amides is 2. The second-order valence-electron chi connectivity index (χ2n) is 6.24. The van der Waals surface area contributed by atoms with Gasteiger partial charge in [0.25, 0.3) is 5.91 Å². The third-order valence-electron chi connectivity index (χ3n) is 3.84. The molecule has 2 aromatic rings. The Kier molecular flexibility index (Phi) is 7.36. The topological polar surface area (TPSA) is 83.6 Å². The summed E-state index contributed by atoms with van der Waals surface area (Å²) in [6.45, 7) is 0.114. The molecule has 0 aromatic heterocycles. The van der Waals surface area contributed by atoms with Crippen molar-refractivity contribution in [3.05, 3.63) is 65.7 Å². The first-order valence-electron chi connectivity index (χ1n) is 8.65. The summed E-state index contributed by atoms with van der Waals surface area (Å²) in [5.41, 5.74) is 1.29. The molecule has 0 atom stereocenters. The van der Waals surface area contributed by atoms with Crippen molar-refractivity contribution in [3.8, 4) is 11.8 Å². The Morgan fingerprint density at radius 3 is 2.25 bits per heavy atom. The number of benzene rings is 2. The molecule has 0 heterocycles. The van der Waals surface area contributed by atoms with Crippen LogP contribution in [0.2, 0.25) is 0 Å². The number of carbonyl (C=O) groups excluding carboxylic acids is 2. The van der Waals surface area contributed by atoms with Crippen molar-refractivity contribution < 1.29 is 18.0 Å². The van der Waals surface area contributed by atoms with E-state index in [9.17, 15) is 18.0 Å². The van der Waals surface area contributed by atoms with Gasteiger partial charge in [0.1, 0.15) is 0 Å². The van der Waals surface area contributed by atoms with E-state index in [4.69, 9.17) is 0 Å². The highest BCUT2D eigenvalue weighted by Crippen LogP contribution is 2.11. The van der Waals surface area contributed by atoms with Crippen LogP contribution < -0.4 is 5.32 Å². The summed E-state index contributed by atoms with van der Waals surface area (Å²) in [6, 6.07) is 14.9. The maximum Gasteiger partial charge on any atom is 0.253 e. The van der Waals surface area contributed by atoms with E-state index in [1.54, 1.807) is 56.6 Å². The van der Waals surface area contributed by atoms with E-state index < -0.39 is 9.84 Å². The van der Waals surface area contributed by atoms with Gasteiger partial charge in [-0.1, -0.05) is 30.0 Å². The van der Waals surface area contributed by atoms with E-state index in [1.807, 2.05) is 0 Å². The summed E-state index contributed by atoms with van der Waals surface area (Å²) in [6.07, 6.45) is -0.125. The monoisotopic (exact) mass is 398 g/mol. The number of sulfone groups is 1. The first kappa shape index (κ1) is 21.2. The standard InChI is InChI=1S/C21H22N2O4S/c1-23(2)21(25)18-12-10-17(11-13-18)7-6-15-22-20(24)14-16-28(26,27)19-8-4-3-5-9-19/h3-5,8-13H,14-16H2,1-2H3,(H,22,24). The van der Waals surface area contributed by atoms with Crippen molar-refractivity contribution >= 4 is 21.7 Å². The van der Waals surface area contributed by atoms with E-state index in [2.05, 4.69) is 17.2 Å². The minimum absolute atomic E-state index is 0.0859. The average molecular weight is 398 g/mol. The van der Waals surface area contributed by atoms with Gasteiger partial charge in [-0.05, 0) is 36.4 Å². The molecule has 146 valence electrons. The lowest BCUT2D eigenvalue weighted by Crippen LogP contribution is -2.25. The van der Waals surface area contributed by atoms with Crippen molar-refractivity contribution in [1.82, 2.24) is 10.2 Å². The quantitative estimate of drug-likeness (QED) is 0.751. The van der Waals surface area contributed by atoms with Gasteiger partial charge in [0, 0.05) is 31.6 Å². The van der Waals surface area contributed by atoms with Crippen LogP contribution in [0.5, 0.6) is 0 Å². The van der Waals surface area contributed by atoms with Crippen LogP contribution in [0.15, 0.2) is 59.5 Å². The number of nitrogens with zero attached hydrogens (tertiary/aromatic N) is 1. The molecule has 7 heteroatoms. The lowest BCUT2D eigenvalue weighted by molar-refractivity contribution is -0.120. The summed E-state index contributed by atoms with van der Waals surface area (Å²) in [7, 11) is -0.105. The fourth-order valence-corrected chi connectivity index (χ4v) is 3.57. The van der Waals surface area contributed by atoms with Crippen molar-refractivity contribution in [1.29, 1.82) is 0 Å². The van der Waals surface area contributed by atoms with Crippen molar-refractivity contribution in [2.24, 2.45) is 0 Å². The second kappa shape index (κ2) is 9.72. The summed E-state index contributed by atoms with van der Waals surface area (Å²) in [4.78, 5) is 25.3. The van der Waals surface area contributed by atoms with Crippen LogP contribution >= 0.6 is 0 Å². The van der Waals surface area contributed by atoms with Crippen LogP contribution in [0.25, 0.3) is 0 Å². The third-order valence-corrected chi connectivity index (χ3v) is 5.58. The molecule has 28 heavy (non-hydrogen) atoms. The van der Waals surface area contributed by atoms with Crippen LogP contribution in [0, 0.1) is 11.8 Å². The largest absolute Gasteiger partial charge is 0.345 e. The Labute approximate surface area is 165 Å². The molecular formula is C21H22N2O4S. The van der Waals surface area contributed by atoms with Crippen molar-refractivity contribution in [2.45, 2.75) is 11.3 Å². The Balaban J connectivity index is 1.81. The minimum atomic E-state index is -3.47. The number of hydrogen-bond acceptors (Lipinski definition) is 4. The SMILES string of the molecule is CN(C)C(=O)c1ccc(C#CCNC(=O)CCS(=O)(=O)c2ccccc2)cc1. The molecule has 0 saturated heterocycles. The van der Waals surface area contributed by atoms with Gasteiger partial charge in [-0.3, -0.25) is 9.59 Å². The van der Waals surface area contributed by atoms with Crippen molar-refractivity contribution in [3.63, 3.8) is 0 Å². The highest BCUT2D eigenvalue weighted by Gasteiger charge is 2.15. The normalized spacial score (nSPS) is 10.5. The number of rotatable bonds is 6. The first-order valence-corrected chi connectivity index (χ1v) is 10.3. The van der Waals surface area contributed by atoms with E-state index in [0.717, 1.165) is 5.56 Å². The van der Waals surface area contributed by atoms with Gasteiger partial charge in [0.05, 0.1) is 17.2 Å². The molecule has 0 unspecified atom stereocenters. The van der Waals surface area contributed by atoms with Gasteiger partial charge in [0.2, 0.25) is 5.91 Å². The maximum atomic E-state index is 12.1. The van der Waals surface area contributed by atoms with Gasteiger partial charge >= 0.3 is 0 Å². The van der Waals surface area contributed by atoms with Crippen molar-refractivity contribution in [2.75, 3.05) is 26.4 Å². The molecule has 2 aromatic carbocycles. The van der Waals surface area contributed by atoms with E-state index in [-0.39, 0.29) is 35.4 Å². The van der Waals surface area contributed by atoms with Gasteiger partial charge in [-0.15, -0.1) is 0 Å². The molecule has 0 bridgehead atoms. The molecule has 0 aliphatic heterocycles. The molecule has 2 amide bonds. The number of carbonyl (C=O) groups is 2. The fourth-order valence-electron chi connectivity index (χ4n) is 2.30. The highest BCUT2D eigenvalue weighted by atomic mass is 32.2. The van der Waals surface area contributed by atoms with Gasteiger partial charge in [-0.2, -0.15) is 0 Å². The predicted octanol–water partition coefficient (Wildman–Crippen LogP) is 1.72. The third kappa shape index (κ3) is 6.25. The lowest BCUT2D eigenvalue weighted by atomic mass is 10.1. The number of nitrogens with one attached hydrogen (secondary N) is 1. The molecule has 0 fully saturated rings. The van der Waals surface area contributed by atoms with Gasteiger partial charge in [-0.25, -0.2) is 8.42 Å². The van der Waals surface area contributed by atoms with E-state index in [0.29, 0.717) is 5.56 Å². The Bertz CT molecular complexity index is 986. The molecule has 0 radical (unpaired) electrons. The summed E-state index contributed by atoms with van der Waals surface area (Å²) in [5.74, 6) is 4.98. The van der Waals surface area contributed by atoms with Gasteiger partial charge in [0.15, 0.2) is 9.84 Å². The molecule has 0 spiro atoms.